The molecule has 2 aliphatic heterocycles. The minimum absolute atomic E-state index is 0.0696. The molecule has 0 radical (unpaired) electrons. The Morgan fingerprint density at radius 1 is 1.06 bits per heavy atom. The molecule has 1 aromatic carbocycles. The molecule has 1 amide bonds. The van der Waals surface area contributed by atoms with Gasteiger partial charge in [0.2, 0.25) is 10.0 Å². The minimum Gasteiger partial charge on any atom is -0.463 e. The second kappa shape index (κ2) is 9.95. The summed E-state index contributed by atoms with van der Waals surface area (Å²) in [5.41, 5.74) is 0.438. The molecule has 9 heteroatoms. The zero-order valence-electron chi connectivity index (χ0n) is 17.6. The van der Waals surface area contributed by atoms with Crippen LogP contribution in [0, 0.1) is 0 Å². The van der Waals surface area contributed by atoms with E-state index in [4.69, 9.17) is 9.15 Å². The number of nitrogens with one attached hydrogen (secondary N) is 2. The van der Waals surface area contributed by atoms with Gasteiger partial charge in [0.1, 0.15) is 0 Å². The van der Waals surface area contributed by atoms with Crippen LogP contribution in [0.4, 0.5) is 0 Å². The number of ether oxygens (including phenoxy) is 1. The number of furan rings is 1. The van der Waals surface area contributed by atoms with Gasteiger partial charge in [-0.1, -0.05) is 0 Å². The Morgan fingerprint density at radius 3 is 2.42 bits per heavy atom. The van der Waals surface area contributed by atoms with Crippen molar-refractivity contribution in [3.63, 3.8) is 0 Å². The smallest absolute Gasteiger partial charge is 0.251 e. The maximum atomic E-state index is 12.7. The highest BCUT2D eigenvalue weighted by Crippen LogP contribution is 2.18. The number of carbonyl (C=O) groups is 1. The highest BCUT2D eigenvalue weighted by atomic mass is 32.2. The highest BCUT2D eigenvalue weighted by Gasteiger charge is 2.29. The van der Waals surface area contributed by atoms with Crippen molar-refractivity contribution in [1.29, 1.82) is 0 Å². The summed E-state index contributed by atoms with van der Waals surface area (Å²) in [7, 11) is -3.57. The molecule has 168 valence electrons. The Labute approximate surface area is 183 Å². The lowest BCUT2D eigenvalue weighted by atomic mass is 10.1. The zero-order chi connectivity index (χ0) is 21.7. The van der Waals surface area contributed by atoms with Gasteiger partial charge in [0.15, 0.2) is 11.8 Å². The van der Waals surface area contributed by atoms with Crippen LogP contribution < -0.4 is 10.2 Å². The molecule has 3 heterocycles. The largest absolute Gasteiger partial charge is 0.463 e. The molecule has 0 aliphatic carbocycles. The topological polar surface area (TPSA) is 93.3 Å². The molecule has 2 saturated heterocycles. The molecule has 2 aromatic rings. The van der Waals surface area contributed by atoms with Crippen LogP contribution in [0.3, 0.4) is 0 Å². The van der Waals surface area contributed by atoms with E-state index in [0.717, 1.165) is 18.8 Å². The van der Waals surface area contributed by atoms with Crippen LogP contribution in [0.5, 0.6) is 0 Å². The number of amides is 1. The monoisotopic (exact) mass is 448 g/mol. The van der Waals surface area contributed by atoms with Crippen LogP contribution in [0.25, 0.3) is 0 Å². The molecule has 2 N–H and O–H groups in total. The van der Waals surface area contributed by atoms with E-state index in [9.17, 15) is 13.2 Å². The third-order valence-corrected chi connectivity index (χ3v) is 7.98. The number of piperidine rings is 1. The van der Waals surface area contributed by atoms with Crippen LogP contribution in [0.1, 0.15) is 41.4 Å². The first-order chi connectivity index (χ1) is 15.1. The fraction of sp³-hybridized carbons (Fsp3) is 0.500. The molecule has 0 saturated carbocycles. The number of carbonyl (C=O) groups excluding carboxylic acids is 1. The van der Waals surface area contributed by atoms with Crippen molar-refractivity contribution in [3.05, 3.63) is 54.0 Å². The van der Waals surface area contributed by atoms with Gasteiger partial charge < -0.3 is 19.4 Å². The van der Waals surface area contributed by atoms with E-state index < -0.39 is 10.0 Å². The maximum Gasteiger partial charge on any atom is 0.251 e. The summed E-state index contributed by atoms with van der Waals surface area (Å²) in [6, 6.07) is 10.0. The van der Waals surface area contributed by atoms with Gasteiger partial charge in [-0.2, -0.15) is 4.31 Å². The lowest BCUT2D eigenvalue weighted by Crippen LogP contribution is -3.13. The van der Waals surface area contributed by atoms with E-state index in [0.29, 0.717) is 38.4 Å². The molecular formula is C22H30N3O5S+. The van der Waals surface area contributed by atoms with Gasteiger partial charge in [0.25, 0.3) is 5.91 Å². The number of likely N-dealkylation sites (tertiary alicyclic amines) is 1. The summed E-state index contributed by atoms with van der Waals surface area (Å²) in [6.07, 6.45) is 5.28. The van der Waals surface area contributed by atoms with Crippen LogP contribution in [-0.4, -0.2) is 64.6 Å². The fourth-order valence-electron chi connectivity index (χ4n) is 4.30. The summed E-state index contributed by atoms with van der Waals surface area (Å²) in [6.45, 7) is 4.08. The maximum absolute atomic E-state index is 12.7. The Balaban J connectivity index is 1.41. The summed E-state index contributed by atoms with van der Waals surface area (Å²) in [4.78, 5) is 14.4. The first-order valence-corrected chi connectivity index (χ1v) is 12.3. The second-order valence-corrected chi connectivity index (χ2v) is 9.98. The number of morpholine rings is 1. The van der Waals surface area contributed by atoms with Crippen molar-refractivity contribution in [1.82, 2.24) is 9.62 Å². The molecule has 8 nitrogen and oxygen atoms in total. The Hall–Kier alpha value is -2.20. The molecular weight excluding hydrogens is 418 g/mol. The Bertz CT molecular complexity index is 948. The van der Waals surface area contributed by atoms with E-state index in [2.05, 4.69) is 5.32 Å². The molecule has 2 fully saturated rings. The number of sulfonamides is 1. The number of quaternary nitrogens is 1. The third-order valence-electron chi connectivity index (χ3n) is 6.07. The minimum atomic E-state index is -3.57. The second-order valence-electron chi connectivity index (χ2n) is 8.04. The van der Waals surface area contributed by atoms with Crippen molar-refractivity contribution in [2.24, 2.45) is 0 Å². The fourth-order valence-corrected chi connectivity index (χ4v) is 5.71. The summed E-state index contributed by atoms with van der Waals surface area (Å²) >= 11 is 0. The van der Waals surface area contributed by atoms with E-state index >= 15 is 0 Å². The SMILES string of the molecule is O=C(NC[C@H](c1ccco1)[NH+]1CCCCC1)c1ccc(S(=O)(=O)N2CCOCC2)cc1. The molecule has 2 aliphatic rings. The molecule has 0 unspecified atom stereocenters. The lowest BCUT2D eigenvalue weighted by Gasteiger charge is -2.30. The van der Waals surface area contributed by atoms with Crippen molar-refractivity contribution < 1.29 is 27.3 Å². The van der Waals surface area contributed by atoms with Crippen molar-refractivity contribution >= 4 is 15.9 Å². The van der Waals surface area contributed by atoms with E-state index in [1.165, 1.54) is 40.6 Å². The predicted molar refractivity (Wildman–Crippen MR) is 114 cm³/mol. The van der Waals surface area contributed by atoms with Crippen molar-refractivity contribution in [3.8, 4) is 0 Å². The molecule has 1 atom stereocenters. The number of rotatable bonds is 7. The van der Waals surface area contributed by atoms with Gasteiger partial charge in [-0.15, -0.1) is 0 Å². The van der Waals surface area contributed by atoms with Crippen LogP contribution in [0.15, 0.2) is 52.0 Å². The van der Waals surface area contributed by atoms with Crippen LogP contribution >= 0.6 is 0 Å². The first kappa shape index (κ1) is 22.0. The van der Waals surface area contributed by atoms with E-state index in [1.807, 2.05) is 12.1 Å². The van der Waals surface area contributed by atoms with E-state index in [1.54, 1.807) is 18.4 Å². The Kier molecular flexibility index (Phi) is 7.06. The molecule has 31 heavy (non-hydrogen) atoms. The number of hydrogen-bond donors (Lipinski definition) is 2. The standard InChI is InChI=1S/C22H29N3O5S/c26-22(23-17-20(21-5-4-14-30-21)24-10-2-1-3-11-24)18-6-8-19(9-7-18)31(27,28)25-12-15-29-16-13-25/h4-9,14,20H,1-3,10-13,15-17H2,(H,23,26)/p+1/t20-/m1/s1. The van der Waals surface area contributed by atoms with Gasteiger partial charge in [-0.3, -0.25) is 4.79 Å². The van der Waals surface area contributed by atoms with Gasteiger partial charge in [0, 0.05) is 18.7 Å². The average Bonchev–Trinajstić information content (AvgIpc) is 3.35. The van der Waals surface area contributed by atoms with Crippen molar-refractivity contribution in [2.45, 2.75) is 30.2 Å². The average molecular weight is 449 g/mol. The van der Waals surface area contributed by atoms with Crippen LogP contribution in [0.2, 0.25) is 0 Å². The number of hydrogen-bond acceptors (Lipinski definition) is 5. The van der Waals surface area contributed by atoms with Gasteiger partial charge in [-0.05, 0) is 55.7 Å². The predicted octanol–water partition coefficient (Wildman–Crippen LogP) is 0.840. The van der Waals surface area contributed by atoms with Gasteiger partial charge in [-0.25, -0.2) is 8.42 Å². The lowest BCUT2D eigenvalue weighted by molar-refractivity contribution is -0.936. The third kappa shape index (κ3) is 5.17. The number of nitrogens with zero attached hydrogens (tertiary/aromatic N) is 1. The zero-order valence-corrected chi connectivity index (χ0v) is 18.4. The molecule has 1 aromatic heterocycles. The summed E-state index contributed by atoms with van der Waals surface area (Å²) in [5.74, 6) is 0.660. The molecule has 0 spiro atoms. The van der Waals surface area contributed by atoms with Gasteiger partial charge in [0.05, 0.1) is 44.0 Å². The molecule has 4 rings (SSSR count). The quantitative estimate of drug-likeness (QED) is 0.655. The van der Waals surface area contributed by atoms with E-state index in [-0.39, 0.29) is 16.8 Å². The summed E-state index contributed by atoms with van der Waals surface area (Å²) in [5, 5.41) is 3.01. The van der Waals surface area contributed by atoms with Gasteiger partial charge >= 0.3 is 0 Å². The normalized spacial score (nSPS) is 19.7. The summed E-state index contributed by atoms with van der Waals surface area (Å²) < 4.78 is 37.8. The number of benzene rings is 1. The molecule has 0 bridgehead atoms. The van der Waals surface area contributed by atoms with Crippen molar-refractivity contribution in [2.75, 3.05) is 45.9 Å². The Morgan fingerprint density at radius 2 is 1.77 bits per heavy atom. The highest BCUT2D eigenvalue weighted by molar-refractivity contribution is 7.89. The van der Waals surface area contributed by atoms with Crippen LogP contribution in [-0.2, 0) is 14.8 Å². The first-order valence-electron chi connectivity index (χ1n) is 10.9.